The molecule has 11 heteroatoms. The van der Waals surface area contributed by atoms with E-state index in [-0.39, 0.29) is 22.6 Å². The summed E-state index contributed by atoms with van der Waals surface area (Å²) in [7, 11) is 0. The second kappa shape index (κ2) is 6.85. The van der Waals surface area contributed by atoms with Crippen LogP contribution in [0.2, 0.25) is 10.0 Å². The lowest BCUT2D eigenvalue weighted by molar-refractivity contribution is -0.113. The van der Waals surface area contributed by atoms with Gasteiger partial charge in [-0.1, -0.05) is 41.0 Å². The summed E-state index contributed by atoms with van der Waals surface area (Å²) in [5.41, 5.74) is 2.71. The Labute approximate surface area is 134 Å². The number of hydrogen-bond donors (Lipinski definition) is 4. The maximum atomic E-state index is 11.9. The van der Waals surface area contributed by atoms with Crippen LogP contribution in [0, 0.1) is 0 Å². The van der Waals surface area contributed by atoms with E-state index in [0.29, 0.717) is 15.9 Å². The number of nitrogens with one attached hydrogen (secondary N) is 2. The smallest absolute Gasteiger partial charge is 0.258 e. The fourth-order valence-electron chi connectivity index (χ4n) is 1.39. The number of benzene rings is 1. The molecule has 1 aromatic carbocycles. The van der Waals surface area contributed by atoms with Gasteiger partial charge in [0.25, 0.3) is 5.95 Å². The Hall–Kier alpha value is -1.68. The molecule has 0 aliphatic carbocycles. The fraction of sp³-hybridized carbons (Fsp3) is 0.100. The Bertz CT molecular complexity index is 663. The molecule has 21 heavy (non-hydrogen) atoms. The number of nitrogen functional groups attached to an aromatic ring is 2. The van der Waals surface area contributed by atoms with E-state index >= 15 is 0 Å². The van der Waals surface area contributed by atoms with Crippen molar-refractivity contribution in [2.75, 3.05) is 22.3 Å². The van der Waals surface area contributed by atoms with Crippen molar-refractivity contribution in [3.8, 4) is 0 Å². The monoisotopic (exact) mass is 347 g/mol. The summed E-state index contributed by atoms with van der Waals surface area (Å²) in [5, 5.41) is 11.1. The number of rotatable bonds is 5. The van der Waals surface area contributed by atoms with Crippen LogP contribution in [0.3, 0.4) is 0 Å². The minimum atomic E-state index is -0.283. The maximum Gasteiger partial charge on any atom is 0.258 e. The summed E-state index contributed by atoms with van der Waals surface area (Å²) in [5.74, 6) is 10.8. The van der Waals surface area contributed by atoms with E-state index in [1.165, 1.54) is 0 Å². The normalized spacial score (nSPS) is 10.4. The van der Waals surface area contributed by atoms with Crippen LogP contribution in [0.25, 0.3) is 0 Å². The average Bonchev–Trinajstić information content (AvgIpc) is 2.82. The van der Waals surface area contributed by atoms with Gasteiger partial charge >= 0.3 is 0 Å². The standard InChI is InChI=1S/C10H11Cl2N7OS/c11-5-2-1-3-6(8(5)12)15-7(20)4-21-10-18-17-9(16-13)19(10)14/h1-3H,4,13-14H2,(H,15,20)(H,16,17). The number of anilines is 2. The van der Waals surface area contributed by atoms with Crippen molar-refractivity contribution in [3.05, 3.63) is 28.2 Å². The average molecular weight is 348 g/mol. The number of amides is 1. The molecule has 2 rings (SSSR count). The number of carbonyl (C=O) groups excluding carboxylic acids is 1. The van der Waals surface area contributed by atoms with Crippen LogP contribution in [0.4, 0.5) is 11.6 Å². The van der Waals surface area contributed by atoms with E-state index in [2.05, 4.69) is 20.9 Å². The van der Waals surface area contributed by atoms with Crippen molar-refractivity contribution in [1.29, 1.82) is 0 Å². The quantitative estimate of drug-likeness (QED) is 0.365. The zero-order chi connectivity index (χ0) is 15.4. The third-order valence-electron chi connectivity index (χ3n) is 2.35. The van der Waals surface area contributed by atoms with Gasteiger partial charge in [-0.3, -0.25) is 10.2 Å². The summed E-state index contributed by atoms with van der Waals surface area (Å²) in [4.78, 5) is 11.9. The molecule has 0 saturated heterocycles. The Kier molecular flexibility index (Phi) is 5.12. The van der Waals surface area contributed by atoms with Crippen LogP contribution in [0.15, 0.2) is 23.4 Å². The van der Waals surface area contributed by atoms with E-state index in [1.54, 1.807) is 18.2 Å². The topological polar surface area (TPSA) is 124 Å². The minimum absolute atomic E-state index is 0.0722. The highest BCUT2D eigenvalue weighted by Gasteiger charge is 2.13. The fourth-order valence-corrected chi connectivity index (χ4v) is 2.39. The van der Waals surface area contributed by atoms with Gasteiger partial charge in [0.15, 0.2) is 0 Å². The summed E-state index contributed by atoms with van der Waals surface area (Å²) >= 11 is 12.9. The van der Waals surface area contributed by atoms with Gasteiger partial charge < -0.3 is 11.2 Å². The molecule has 6 N–H and O–H groups in total. The van der Waals surface area contributed by atoms with E-state index < -0.39 is 0 Å². The largest absolute Gasteiger partial charge is 0.334 e. The van der Waals surface area contributed by atoms with E-state index in [1.807, 2.05) is 0 Å². The van der Waals surface area contributed by atoms with Gasteiger partial charge in [0.05, 0.1) is 21.5 Å². The molecule has 0 radical (unpaired) electrons. The molecule has 0 spiro atoms. The van der Waals surface area contributed by atoms with Crippen LogP contribution < -0.4 is 22.4 Å². The van der Waals surface area contributed by atoms with Gasteiger partial charge in [-0.05, 0) is 12.1 Å². The Balaban J connectivity index is 1.96. The highest BCUT2D eigenvalue weighted by atomic mass is 35.5. The van der Waals surface area contributed by atoms with Crippen LogP contribution in [-0.2, 0) is 4.79 Å². The third-order valence-corrected chi connectivity index (χ3v) is 4.11. The van der Waals surface area contributed by atoms with Gasteiger partial charge in [0, 0.05) is 0 Å². The van der Waals surface area contributed by atoms with Crippen LogP contribution >= 0.6 is 35.0 Å². The predicted octanol–water partition coefficient (Wildman–Crippen LogP) is 1.32. The second-order valence-corrected chi connectivity index (χ2v) is 5.49. The summed E-state index contributed by atoms with van der Waals surface area (Å²) in [6, 6.07) is 4.97. The highest BCUT2D eigenvalue weighted by Crippen LogP contribution is 2.29. The second-order valence-electron chi connectivity index (χ2n) is 3.76. The molecule has 8 nitrogen and oxygen atoms in total. The summed E-state index contributed by atoms with van der Waals surface area (Å²) in [6.07, 6.45) is 0. The molecule has 1 heterocycles. The van der Waals surface area contributed by atoms with Crippen LogP contribution in [0.1, 0.15) is 0 Å². The number of halogens is 2. The number of nitrogens with two attached hydrogens (primary N) is 2. The van der Waals surface area contributed by atoms with Crippen molar-refractivity contribution in [3.63, 3.8) is 0 Å². The highest BCUT2D eigenvalue weighted by molar-refractivity contribution is 7.99. The number of thioether (sulfide) groups is 1. The molecule has 0 unspecified atom stereocenters. The molecule has 112 valence electrons. The lowest BCUT2D eigenvalue weighted by Crippen LogP contribution is -2.19. The van der Waals surface area contributed by atoms with Crippen molar-refractivity contribution < 1.29 is 4.79 Å². The number of nitrogens with zero attached hydrogens (tertiary/aromatic N) is 3. The molecular weight excluding hydrogens is 337 g/mol. The molecule has 0 bridgehead atoms. The van der Waals surface area contributed by atoms with E-state index in [4.69, 9.17) is 34.9 Å². The first kappa shape index (κ1) is 15.7. The molecule has 0 aliphatic heterocycles. The molecule has 0 fully saturated rings. The number of carbonyl (C=O) groups is 1. The zero-order valence-electron chi connectivity index (χ0n) is 10.5. The Morgan fingerprint density at radius 3 is 2.81 bits per heavy atom. The first-order chi connectivity index (χ1) is 10.0. The lowest BCUT2D eigenvalue weighted by atomic mass is 10.3. The maximum absolute atomic E-state index is 11.9. The Morgan fingerprint density at radius 2 is 2.14 bits per heavy atom. The van der Waals surface area contributed by atoms with E-state index in [9.17, 15) is 4.79 Å². The minimum Gasteiger partial charge on any atom is -0.334 e. The molecule has 0 aliphatic rings. The lowest BCUT2D eigenvalue weighted by Gasteiger charge is -2.07. The van der Waals surface area contributed by atoms with Gasteiger partial charge in [-0.15, -0.1) is 10.2 Å². The van der Waals surface area contributed by atoms with Crippen LogP contribution in [0.5, 0.6) is 0 Å². The summed E-state index contributed by atoms with van der Waals surface area (Å²) < 4.78 is 1.14. The first-order valence-corrected chi connectivity index (χ1v) is 7.31. The molecule has 0 saturated carbocycles. The van der Waals surface area contributed by atoms with Crippen molar-refractivity contribution >= 4 is 52.5 Å². The predicted molar refractivity (Wildman–Crippen MR) is 83.8 cm³/mol. The SMILES string of the molecule is NNc1nnc(SCC(=O)Nc2cccc(Cl)c2Cl)n1N. The molecule has 2 aromatic rings. The van der Waals surface area contributed by atoms with Gasteiger partial charge in [-0.2, -0.15) is 0 Å². The molecular formula is C10H11Cl2N7OS. The van der Waals surface area contributed by atoms with Gasteiger partial charge in [-0.25, -0.2) is 10.5 Å². The first-order valence-electron chi connectivity index (χ1n) is 5.56. The van der Waals surface area contributed by atoms with Crippen molar-refractivity contribution in [1.82, 2.24) is 14.9 Å². The number of hydrogen-bond acceptors (Lipinski definition) is 7. The number of hydrazine groups is 1. The summed E-state index contributed by atoms with van der Waals surface area (Å²) in [6.45, 7) is 0. The Morgan fingerprint density at radius 1 is 1.38 bits per heavy atom. The third kappa shape index (κ3) is 3.70. The van der Waals surface area contributed by atoms with Crippen molar-refractivity contribution in [2.24, 2.45) is 5.84 Å². The zero-order valence-corrected chi connectivity index (χ0v) is 12.8. The van der Waals surface area contributed by atoms with E-state index in [0.717, 1.165) is 16.4 Å². The van der Waals surface area contributed by atoms with Crippen LogP contribution in [-0.4, -0.2) is 26.5 Å². The molecule has 1 aromatic heterocycles. The molecule has 1 amide bonds. The van der Waals surface area contributed by atoms with Gasteiger partial charge in [0.1, 0.15) is 0 Å². The van der Waals surface area contributed by atoms with Crippen molar-refractivity contribution in [2.45, 2.75) is 5.16 Å². The number of aromatic nitrogens is 3. The van der Waals surface area contributed by atoms with Gasteiger partial charge in [0.2, 0.25) is 11.1 Å². The molecule has 0 atom stereocenters.